The molecule has 0 saturated heterocycles. The van der Waals surface area contributed by atoms with Crippen LogP contribution in [0.5, 0.6) is 0 Å². The summed E-state index contributed by atoms with van der Waals surface area (Å²) < 4.78 is 13.0. The Bertz CT molecular complexity index is 571. The van der Waals surface area contributed by atoms with Crippen LogP contribution in [0, 0.1) is 5.82 Å². The monoisotopic (exact) mass is 312 g/mol. The molecular weight excluding hydrogens is 295 g/mol. The van der Waals surface area contributed by atoms with Crippen molar-refractivity contribution in [3.63, 3.8) is 0 Å². The topological polar surface area (TPSA) is 24.9 Å². The van der Waals surface area contributed by atoms with Gasteiger partial charge in [0.05, 0.1) is 5.01 Å². The first-order valence-electron chi connectivity index (χ1n) is 6.72. The molecule has 1 unspecified atom stereocenters. The molecule has 0 spiro atoms. The molecular formula is C15H18ClFN2S. The van der Waals surface area contributed by atoms with Gasteiger partial charge in [0.25, 0.3) is 0 Å². The van der Waals surface area contributed by atoms with Crippen LogP contribution >= 0.6 is 22.9 Å². The molecule has 0 fully saturated rings. The SMILES string of the molecule is CCCNC(C)c1cnc(Cc2ccc(F)cc2Cl)s1. The van der Waals surface area contributed by atoms with Gasteiger partial charge in [-0.05, 0) is 37.6 Å². The highest BCUT2D eigenvalue weighted by atomic mass is 35.5. The summed E-state index contributed by atoms with van der Waals surface area (Å²) >= 11 is 7.71. The van der Waals surface area contributed by atoms with Crippen LogP contribution < -0.4 is 5.32 Å². The fourth-order valence-electron chi connectivity index (χ4n) is 1.90. The van der Waals surface area contributed by atoms with E-state index >= 15 is 0 Å². The molecule has 20 heavy (non-hydrogen) atoms. The Morgan fingerprint density at radius 3 is 2.95 bits per heavy atom. The smallest absolute Gasteiger partial charge is 0.124 e. The fraction of sp³-hybridized carbons (Fsp3) is 0.400. The number of aromatic nitrogens is 1. The Balaban J connectivity index is 2.05. The van der Waals surface area contributed by atoms with Crippen LogP contribution in [0.1, 0.15) is 41.8 Å². The maximum atomic E-state index is 13.0. The third kappa shape index (κ3) is 4.01. The molecule has 2 rings (SSSR count). The second kappa shape index (κ2) is 7.16. The van der Waals surface area contributed by atoms with E-state index in [1.807, 2.05) is 6.20 Å². The van der Waals surface area contributed by atoms with Crippen LogP contribution in [0.3, 0.4) is 0 Å². The first-order valence-corrected chi connectivity index (χ1v) is 7.91. The van der Waals surface area contributed by atoms with E-state index in [0.717, 1.165) is 23.5 Å². The van der Waals surface area contributed by atoms with Crippen molar-refractivity contribution in [1.29, 1.82) is 0 Å². The van der Waals surface area contributed by atoms with E-state index in [1.165, 1.54) is 17.0 Å². The Hall–Kier alpha value is -0.970. The molecule has 1 aromatic heterocycles. The first kappa shape index (κ1) is 15.4. The zero-order valence-corrected chi connectivity index (χ0v) is 13.2. The predicted molar refractivity (Wildman–Crippen MR) is 83.0 cm³/mol. The van der Waals surface area contributed by atoms with Crippen molar-refractivity contribution < 1.29 is 4.39 Å². The maximum Gasteiger partial charge on any atom is 0.124 e. The Labute approximate surface area is 128 Å². The number of benzene rings is 1. The van der Waals surface area contributed by atoms with Gasteiger partial charge in [-0.3, -0.25) is 0 Å². The van der Waals surface area contributed by atoms with Crippen molar-refractivity contribution >= 4 is 22.9 Å². The van der Waals surface area contributed by atoms with Gasteiger partial charge in [-0.1, -0.05) is 24.6 Å². The lowest BCUT2D eigenvalue weighted by atomic mass is 10.1. The van der Waals surface area contributed by atoms with Gasteiger partial charge in [-0.25, -0.2) is 9.37 Å². The Kier molecular flexibility index (Phi) is 5.52. The molecule has 5 heteroatoms. The minimum absolute atomic E-state index is 0.309. The van der Waals surface area contributed by atoms with Crippen LogP contribution in [-0.4, -0.2) is 11.5 Å². The van der Waals surface area contributed by atoms with Crippen molar-refractivity contribution in [3.05, 3.63) is 50.7 Å². The minimum atomic E-state index is -0.309. The summed E-state index contributed by atoms with van der Waals surface area (Å²) in [6.45, 7) is 5.28. The minimum Gasteiger partial charge on any atom is -0.309 e. The van der Waals surface area contributed by atoms with E-state index in [9.17, 15) is 4.39 Å². The molecule has 1 heterocycles. The van der Waals surface area contributed by atoms with E-state index < -0.39 is 0 Å². The maximum absolute atomic E-state index is 13.0. The summed E-state index contributed by atoms with van der Waals surface area (Å²) in [7, 11) is 0. The number of nitrogens with one attached hydrogen (secondary N) is 1. The molecule has 0 saturated carbocycles. The molecule has 0 aliphatic carbocycles. The molecule has 1 aromatic carbocycles. The fourth-order valence-corrected chi connectivity index (χ4v) is 3.10. The first-order chi connectivity index (χ1) is 9.60. The largest absolute Gasteiger partial charge is 0.309 e. The molecule has 1 atom stereocenters. The molecule has 1 N–H and O–H groups in total. The van der Waals surface area contributed by atoms with Crippen LogP contribution in [0.25, 0.3) is 0 Å². The Morgan fingerprint density at radius 2 is 2.25 bits per heavy atom. The Morgan fingerprint density at radius 1 is 1.45 bits per heavy atom. The second-order valence-electron chi connectivity index (χ2n) is 4.74. The standard InChI is InChI=1S/C15H18ClFN2S/c1-3-6-18-10(2)14-9-19-15(20-14)7-11-4-5-12(17)8-13(11)16/h4-5,8-10,18H,3,6-7H2,1-2H3. The van der Waals surface area contributed by atoms with Crippen molar-refractivity contribution in [2.75, 3.05) is 6.54 Å². The number of thiazole rings is 1. The molecule has 0 aliphatic rings. The number of hydrogen-bond acceptors (Lipinski definition) is 3. The summed E-state index contributed by atoms with van der Waals surface area (Å²) in [6.07, 6.45) is 3.66. The third-order valence-corrected chi connectivity index (χ3v) is 4.59. The van der Waals surface area contributed by atoms with Crippen molar-refractivity contribution in [2.24, 2.45) is 0 Å². The predicted octanol–water partition coefficient (Wildman–Crippen LogP) is 4.59. The van der Waals surface area contributed by atoms with Gasteiger partial charge in [0, 0.05) is 28.6 Å². The highest BCUT2D eigenvalue weighted by molar-refractivity contribution is 7.11. The van der Waals surface area contributed by atoms with Crippen LogP contribution in [0.15, 0.2) is 24.4 Å². The van der Waals surface area contributed by atoms with Gasteiger partial charge in [0.1, 0.15) is 5.82 Å². The average Bonchev–Trinajstić information content (AvgIpc) is 2.88. The van der Waals surface area contributed by atoms with Crippen LogP contribution in [0.4, 0.5) is 4.39 Å². The number of nitrogens with zero attached hydrogens (tertiary/aromatic N) is 1. The van der Waals surface area contributed by atoms with E-state index in [1.54, 1.807) is 17.4 Å². The molecule has 0 radical (unpaired) electrons. The van der Waals surface area contributed by atoms with E-state index in [4.69, 9.17) is 11.6 Å². The lowest BCUT2D eigenvalue weighted by Crippen LogP contribution is -2.18. The number of hydrogen-bond donors (Lipinski definition) is 1. The number of halogens is 2. The zero-order valence-electron chi connectivity index (χ0n) is 11.6. The quantitative estimate of drug-likeness (QED) is 0.844. The lowest BCUT2D eigenvalue weighted by molar-refractivity contribution is 0.577. The van der Waals surface area contributed by atoms with Gasteiger partial charge in [0.15, 0.2) is 0 Å². The van der Waals surface area contributed by atoms with E-state index in [0.29, 0.717) is 17.5 Å². The molecule has 0 aliphatic heterocycles. The number of rotatable bonds is 6. The zero-order chi connectivity index (χ0) is 14.5. The van der Waals surface area contributed by atoms with Gasteiger partial charge in [-0.15, -0.1) is 11.3 Å². The molecule has 2 aromatic rings. The summed E-state index contributed by atoms with van der Waals surface area (Å²) in [6, 6.07) is 4.81. The average molecular weight is 313 g/mol. The molecule has 2 nitrogen and oxygen atoms in total. The van der Waals surface area contributed by atoms with E-state index in [2.05, 4.69) is 24.1 Å². The van der Waals surface area contributed by atoms with Gasteiger partial charge < -0.3 is 5.32 Å². The second-order valence-corrected chi connectivity index (χ2v) is 6.30. The van der Waals surface area contributed by atoms with Gasteiger partial charge in [0.2, 0.25) is 0 Å². The van der Waals surface area contributed by atoms with E-state index in [-0.39, 0.29) is 5.82 Å². The normalized spacial score (nSPS) is 12.6. The van der Waals surface area contributed by atoms with Crippen LogP contribution in [0.2, 0.25) is 5.02 Å². The van der Waals surface area contributed by atoms with Gasteiger partial charge in [-0.2, -0.15) is 0 Å². The molecule has 0 bridgehead atoms. The lowest BCUT2D eigenvalue weighted by Gasteiger charge is -2.09. The summed E-state index contributed by atoms with van der Waals surface area (Å²) in [5.41, 5.74) is 0.906. The summed E-state index contributed by atoms with van der Waals surface area (Å²) in [5.74, 6) is -0.309. The van der Waals surface area contributed by atoms with Crippen LogP contribution in [-0.2, 0) is 6.42 Å². The highest BCUT2D eigenvalue weighted by Gasteiger charge is 2.11. The molecule has 0 amide bonds. The summed E-state index contributed by atoms with van der Waals surface area (Å²) in [4.78, 5) is 5.64. The third-order valence-electron chi connectivity index (χ3n) is 3.06. The van der Waals surface area contributed by atoms with Crippen molar-refractivity contribution in [2.45, 2.75) is 32.7 Å². The van der Waals surface area contributed by atoms with Gasteiger partial charge >= 0.3 is 0 Å². The summed E-state index contributed by atoms with van der Waals surface area (Å²) in [5, 5.41) is 4.90. The van der Waals surface area contributed by atoms with Crippen molar-refractivity contribution in [1.82, 2.24) is 10.3 Å². The molecule has 108 valence electrons. The van der Waals surface area contributed by atoms with Crippen molar-refractivity contribution in [3.8, 4) is 0 Å². The highest BCUT2D eigenvalue weighted by Crippen LogP contribution is 2.25.